The summed E-state index contributed by atoms with van der Waals surface area (Å²) in [6.07, 6.45) is 6.54. The smallest absolute Gasteiger partial charge is 0.224 e. The molecule has 122 valence electrons. The third kappa shape index (κ3) is 3.81. The van der Waals surface area contributed by atoms with Crippen LogP contribution in [-0.2, 0) is 11.3 Å². The van der Waals surface area contributed by atoms with Gasteiger partial charge in [-0.3, -0.25) is 4.79 Å². The number of benzene rings is 1. The van der Waals surface area contributed by atoms with Gasteiger partial charge in [0.1, 0.15) is 5.82 Å². The molecule has 2 aromatic rings. The van der Waals surface area contributed by atoms with Crippen LogP contribution in [0.5, 0.6) is 0 Å². The lowest BCUT2D eigenvalue weighted by Crippen LogP contribution is -2.39. The van der Waals surface area contributed by atoms with E-state index in [2.05, 4.69) is 36.2 Å². The molecule has 1 atom stereocenters. The van der Waals surface area contributed by atoms with Gasteiger partial charge >= 0.3 is 0 Å². The van der Waals surface area contributed by atoms with Crippen LogP contribution in [0.4, 0.5) is 0 Å². The Kier molecular flexibility index (Phi) is 4.79. The van der Waals surface area contributed by atoms with E-state index in [0.717, 1.165) is 31.9 Å². The van der Waals surface area contributed by atoms with Crippen molar-refractivity contribution < 1.29 is 4.79 Å². The Morgan fingerprint density at radius 3 is 2.96 bits per heavy atom. The van der Waals surface area contributed by atoms with Gasteiger partial charge < -0.3 is 9.47 Å². The summed E-state index contributed by atoms with van der Waals surface area (Å²) < 4.78 is 2.04. The molecule has 0 aliphatic carbocycles. The van der Waals surface area contributed by atoms with Crippen LogP contribution in [0.2, 0.25) is 0 Å². The molecule has 0 radical (unpaired) electrons. The van der Waals surface area contributed by atoms with Gasteiger partial charge in [-0.2, -0.15) is 0 Å². The van der Waals surface area contributed by atoms with E-state index < -0.39 is 0 Å². The zero-order chi connectivity index (χ0) is 16.2. The second-order valence-corrected chi connectivity index (χ2v) is 6.51. The SMILES string of the molecule is Cc1cccc([C@@H]2CCCN(C(=O)CCn3ccnc3C)C2)c1. The van der Waals surface area contributed by atoms with Crippen molar-refractivity contribution in [3.05, 3.63) is 53.6 Å². The zero-order valence-corrected chi connectivity index (χ0v) is 14.0. The van der Waals surface area contributed by atoms with Gasteiger partial charge in [-0.25, -0.2) is 4.98 Å². The standard InChI is InChI=1S/C19H25N3O/c1-15-5-3-6-17(13-15)18-7-4-10-22(14-18)19(23)8-11-21-12-9-20-16(21)2/h3,5-6,9,12-13,18H,4,7-8,10-11,14H2,1-2H3/t18-/m1/s1. The molecule has 4 heteroatoms. The van der Waals surface area contributed by atoms with Crippen LogP contribution in [-0.4, -0.2) is 33.4 Å². The second kappa shape index (κ2) is 6.99. The molecule has 4 nitrogen and oxygen atoms in total. The number of aromatic nitrogens is 2. The number of amides is 1. The first-order chi connectivity index (χ1) is 11.1. The lowest BCUT2D eigenvalue weighted by molar-refractivity contribution is -0.132. The van der Waals surface area contributed by atoms with Crippen LogP contribution < -0.4 is 0 Å². The minimum Gasteiger partial charge on any atom is -0.342 e. The molecular formula is C19H25N3O. The maximum absolute atomic E-state index is 12.5. The highest BCUT2D eigenvalue weighted by atomic mass is 16.2. The van der Waals surface area contributed by atoms with E-state index in [4.69, 9.17) is 0 Å². The molecule has 1 saturated heterocycles. The maximum Gasteiger partial charge on any atom is 0.224 e. The summed E-state index contributed by atoms with van der Waals surface area (Å²) in [7, 11) is 0. The largest absolute Gasteiger partial charge is 0.342 e. The summed E-state index contributed by atoms with van der Waals surface area (Å²) in [5.74, 6) is 1.70. The quantitative estimate of drug-likeness (QED) is 0.869. The van der Waals surface area contributed by atoms with Gasteiger partial charge in [-0.15, -0.1) is 0 Å². The van der Waals surface area contributed by atoms with Crippen molar-refractivity contribution in [2.75, 3.05) is 13.1 Å². The number of rotatable bonds is 4. The number of aryl methyl sites for hydroxylation is 3. The molecule has 1 aliphatic heterocycles. The summed E-state index contributed by atoms with van der Waals surface area (Å²) >= 11 is 0. The van der Waals surface area contributed by atoms with Gasteiger partial charge in [-0.05, 0) is 32.3 Å². The molecule has 0 unspecified atom stereocenters. The van der Waals surface area contributed by atoms with Crippen LogP contribution in [0.3, 0.4) is 0 Å². The summed E-state index contributed by atoms with van der Waals surface area (Å²) in [6.45, 7) is 6.56. The first kappa shape index (κ1) is 15.8. The van der Waals surface area contributed by atoms with Gasteiger partial charge in [0.2, 0.25) is 5.91 Å². The first-order valence-electron chi connectivity index (χ1n) is 8.45. The van der Waals surface area contributed by atoms with Crippen LogP contribution in [0.15, 0.2) is 36.7 Å². The van der Waals surface area contributed by atoms with E-state index in [1.807, 2.05) is 22.6 Å². The highest BCUT2D eigenvalue weighted by molar-refractivity contribution is 5.76. The molecule has 3 rings (SSSR count). The number of piperidine rings is 1. The van der Waals surface area contributed by atoms with Gasteiger partial charge in [0, 0.05) is 44.4 Å². The molecule has 1 aromatic carbocycles. The van der Waals surface area contributed by atoms with Crippen molar-refractivity contribution in [1.82, 2.24) is 14.5 Å². The summed E-state index contributed by atoms with van der Waals surface area (Å²) in [5.41, 5.74) is 2.66. The fraction of sp³-hybridized carbons (Fsp3) is 0.474. The van der Waals surface area contributed by atoms with Gasteiger partial charge in [0.25, 0.3) is 0 Å². The van der Waals surface area contributed by atoms with Crippen molar-refractivity contribution in [3.8, 4) is 0 Å². The Morgan fingerprint density at radius 1 is 1.35 bits per heavy atom. The molecule has 1 aromatic heterocycles. The van der Waals surface area contributed by atoms with Crippen molar-refractivity contribution in [2.45, 2.75) is 45.6 Å². The van der Waals surface area contributed by atoms with Gasteiger partial charge in [-0.1, -0.05) is 29.8 Å². The van der Waals surface area contributed by atoms with E-state index >= 15 is 0 Å². The minimum absolute atomic E-state index is 0.260. The number of carbonyl (C=O) groups is 1. The number of carbonyl (C=O) groups excluding carboxylic acids is 1. The number of nitrogens with zero attached hydrogens (tertiary/aromatic N) is 3. The molecule has 1 aliphatic rings. The Labute approximate surface area is 138 Å². The van der Waals surface area contributed by atoms with E-state index in [0.29, 0.717) is 12.3 Å². The highest BCUT2D eigenvalue weighted by Gasteiger charge is 2.24. The Morgan fingerprint density at radius 2 is 2.22 bits per heavy atom. The van der Waals surface area contributed by atoms with Crippen molar-refractivity contribution in [2.24, 2.45) is 0 Å². The normalized spacial score (nSPS) is 18.2. The highest BCUT2D eigenvalue weighted by Crippen LogP contribution is 2.27. The second-order valence-electron chi connectivity index (χ2n) is 6.51. The molecule has 0 saturated carbocycles. The fourth-order valence-corrected chi connectivity index (χ4v) is 3.41. The lowest BCUT2D eigenvalue weighted by atomic mass is 9.89. The zero-order valence-electron chi connectivity index (χ0n) is 14.0. The molecule has 0 N–H and O–H groups in total. The molecule has 1 amide bonds. The summed E-state index contributed by atoms with van der Waals surface area (Å²) in [4.78, 5) is 18.8. The average molecular weight is 311 g/mol. The van der Waals surface area contributed by atoms with Crippen LogP contribution in [0.25, 0.3) is 0 Å². The third-order valence-corrected chi connectivity index (χ3v) is 4.78. The van der Waals surface area contributed by atoms with Crippen molar-refractivity contribution in [1.29, 1.82) is 0 Å². The lowest BCUT2D eigenvalue weighted by Gasteiger charge is -2.33. The van der Waals surface area contributed by atoms with Gasteiger partial charge in [0.15, 0.2) is 0 Å². The number of likely N-dealkylation sites (tertiary alicyclic amines) is 1. The number of imidazole rings is 1. The van der Waals surface area contributed by atoms with E-state index in [-0.39, 0.29) is 5.91 Å². The van der Waals surface area contributed by atoms with Crippen LogP contribution in [0.1, 0.15) is 42.1 Å². The van der Waals surface area contributed by atoms with Crippen LogP contribution >= 0.6 is 0 Å². The molecular weight excluding hydrogens is 286 g/mol. The van der Waals surface area contributed by atoms with E-state index in [1.165, 1.54) is 17.5 Å². The Bertz CT molecular complexity index is 677. The van der Waals surface area contributed by atoms with Gasteiger partial charge in [0.05, 0.1) is 0 Å². The minimum atomic E-state index is 0.260. The Balaban J connectivity index is 1.59. The molecule has 23 heavy (non-hydrogen) atoms. The molecule has 2 heterocycles. The predicted octanol–water partition coefficient (Wildman–Crippen LogP) is 3.30. The summed E-state index contributed by atoms with van der Waals surface area (Å²) in [5, 5.41) is 0. The third-order valence-electron chi connectivity index (χ3n) is 4.78. The summed E-state index contributed by atoms with van der Waals surface area (Å²) in [6, 6.07) is 8.70. The topological polar surface area (TPSA) is 38.1 Å². The number of hydrogen-bond donors (Lipinski definition) is 0. The van der Waals surface area contributed by atoms with E-state index in [9.17, 15) is 4.79 Å². The molecule has 0 bridgehead atoms. The molecule has 0 spiro atoms. The fourth-order valence-electron chi connectivity index (χ4n) is 3.41. The monoisotopic (exact) mass is 311 g/mol. The average Bonchev–Trinajstić information content (AvgIpc) is 2.98. The number of hydrogen-bond acceptors (Lipinski definition) is 2. The van der Waals surface area contributed by atoms with E-state index in [1.54, 1.807) is 6.20 Å². The van der Waals surface area contributed by atoms with Crippen molar-refractivity contribution in [3.63, 3.8) is 0 Å². The first-order valence-corrected chi connectivity index (χ1v) is 8.45. The van der Waals surface area contributed by atoms with Crippen molar-refractivity contribution >= 4 is 5.91 Å². The molecule has 1 fully saturated rings. The predicted molar refractivity (Wildman–Crippen MR) is 91.3 cm³/mol. The maximum atomic E-state index is 12.5. The van der Waals surface area contributed by atoms with Crippen LogP contribution in [0, 0.1) is 13.8 Å². The Hall–Kier alpha value is -2.10.